The molecule has 1 rings (SSSR count). The van der Waals surface area contributed by atoms with E-state index in [4.69, 9.17) is 33.2 Å². The molecule has 0 saturated carbocycles. The average molecular weight is 570 g/mol. The van der Waals surface area contributed by atoms with Crippen LogP contribution in [0, 0.1) is 11.8 Å². The van der Waals surface area contributed by atoms with Crippen molar-refractivity contribution in [3.63, 3.8) is 0 Å². The number of esters is 1. The van der Waals surface area contributed by atoms with Crippen molar-refractivity contribution in [2.24, 2.45) is 11.8 Å². The van der Waals surface area contributed by atoms with Gasteiger partial charge < -0.3 is 38.5 Å². The molecule has 0 fully saturated rings. The molecule has 1 aromatic rings. The fourth-order valence-corrected chi connectivity index (χ4v) is 2.96. The monoisotopic (exact) mass is 569 g/mol. The van der Waals surface area contributed by atoms with Crippen molar-refractivity contribution in [3.05, 3.63) is 23.8 Å². The van der Waals surface area contributed by atoms with E-state index in [1.165, 1.54) is 19.2 Å². The van der Waals surface area contributed by atoms with Crippen LogP contribution >= 0.6 is 0 Å². The van der Waals surface area contributed by atoms with Gasteiger partial charge in [0.15, 0.2) is 11.5 Å². The number of ether oxygens (including phenoxy) is 7. The lowest BCUT2D eigenvalue weighted by atomic mass is 10.0. The molecule has 226 valence electrons. The van der Waals surface area contributed by atoms with Gasteiger partial charge in [0, 0.05) is 6.54 Å². The highest BCUT2D eigenvalue weighted by Gasteiger charge is 2.24. The molecule has 0 amide bonds. The van der Waals surface area contributed by atoms with Crippen molar-refractivity contribution in [2.45, 2.75) is 79.6 Å². The molecule has 12 nitrogen and oxygen atoms in total. The van der Waals surface area contributed by atoms with Gasteiger partial charge in [-0.1, -0.05) is 40.7 Å². The van der Waals surface area contributed by atoms with Gasteiger partial charge >= 0.3 is 24.4 Å². The second kappa shape index (κ2) is 17.9. The number of hydrogen-bond donors (Lipinski definition) is 1. The topological polar surface area (TPSA) is 145 Å². The van der Waals surface area contributed by atoms with E-state index < -0.39 is 36.6 Å². The molecule has 40 heavy (non-hydrogen) atoms. The zero-order valence-electron chi connectivity index (χ0n) is 24.6. The summed E-state index contributed by atoms with van der Waals surface area (Å²) in [6, 6.07) is 3.62. The highest BCUT2D eigenvalue weighted by Crippen LogP contribution is 2.30. The maximum atomic E-state index is 12.5. The maximum Gasteiger partial charge on any atom is 0.513 e. The van der Waals surface area contributed by atoms with Gasteiger partial charge in [-0.05, 0) is 56.2 Å². The summed E-state index contributed by atoms with van der Waals surface area (Å²) in [5, 5.41) is 3.01. The van der Waals surface area contributed by atoms with Crippen molar-refractivity contribution in [2.75, 3.05) is 26.9 Å². The second-order valence-corrected chi connectivity index (χ2v) is 10.1. The van der Waals surface area contributed by atoms with Crippen LogP contribution in [0.2, 0.25) is 0 Å². The largest absolute Gasteiger partial charge is 0.513 e. The first-order valence-corrected chi connectivity index (χ1v) is 13.3. The van der Waals surface area contributed by atoms with Crippen molar-refractivity contribution in [1.82, 2.24) is 5.32 Å². The average Bonchev–Trinajstić information content (AvgIpc) is 2.89. The van der Waals surface area contributed by atoms with E-state index in [0.717, 1.165) is 0 Å². The molecule has 0 saturated heterocycles. The van der Waals surface area contributed by atoms with Crippen LogP contribution in [0.3, 0.4) is 0 Å². The Labute approximate surface area is 235 Å². The summed E-state index contributed by atoms with van der Waals surface area (Å²) in [5.74, 6) is -0.552. The van der Waals surface area contributed by atoms with Crippen LogP contribution in [0.15, 0.2) is 18.2 Å². The molecular formula is C28H43NO11. The van der Waals surface area contributed by atoms with Crippen LogP contribution in [0.25, 0.3) is 0 Å². The van der Waals surface area contributed by atoms with E-state index in [-0.39, 0.29) is 55.6 Å². The van der Waals surface area contributed by atoms with E-state index in [1.54, 1.807) is 19.9 Å². The second-order valence-electron chi connectivity index (χ2n) is 10.1. The van der Waals surface area contributed by atoms with Crippen molar-refractivity contribution >= 4 is 24.4 Å². The first-order valence-electron chi connectivity index (χ1n) is 13.3. The van der Waals surface area contributed by atoms with Crippen molar-refractivity contribution in [1.29, 1.82) is 0 Å². The van der Waals surface area contributed by atoms with E-state index in [0.29, 0.717) is 12.0 Å². The van der Waals surface area contributed by atoms with Gasteiger partial charge in [-0.2, -0.15) is 0 Å². The fraction of sp³-hybridized carbons (Fsp3) is 0.643. The normalized spacial score (nSPS) is 13.2. The number of carbonyl (C=O) groups is 4. The quantitative estimate of drug-likeness (QED) is 0.171. The molecule has 0 aromatic heterocycles. The molecule has 3 atom stereocenters. The number of hydrogen-bond acceptors (Lipinski definition) is 12. The van der Waals surface area contributed by atoms with Gasteiger partial charge in [0.1, 0.15) is 18.2 Å². The van der Waals surface area contributed by atoms with E-state index in [2.05, 4.69) is 5.32 Å². The number of benzene rings is 1. The van der Waals surface area contributed by atoms with Crippen LogP contribution in [0.1, 0.15) is 60.5 Å². The summed E-state index contributed by atoms with van der Waals surface area (Å²) >= 11 is 0. The zero-order chi connectivity index (χ0) is 30.2. The molecule has 1 N–H and O–H groups in total. The maximum absolute atomic E-state index is 12.5. The van der Waals surface area contributed by atoms with Crippen molar-refractivity contribution < 1.29 is 52.3 Å². The highest BCUT2D eigenvalue weighted by atomic mass is 16.7. The van der Waals surface area contributed by atoms with Gasteiger partial charge in [0.25, 0.3) is 0 Å². The Hall–Kier alpha value is -3.54. The Morgan fingerprint density at radius 2 is 1.32 bits per heavy atom. The molecule has 12 heteroatoms. The number of methoxy groups -OCH3 is 1. The Bertz CT molecular complexity index is 964. The molecule has 0 aliphatic carbocycles. The zero-order valence-corrected chi connectivity index (χ0v) is 24.6. The minimum atomic E-state index is -0.982. The third kappa shape index (κ3) is 14.0. The molecule has 0 aliphatic heterocycles. The van der Waals surface area contributed by atoms with Crippen LogP contribution in [-0.2, 0) is 34.9 Å². The first kappa shape index (κ1) is 34.5. The Morgan fingerprint density at radius 3 is 1.85 bits per heavy atom. The Balaban J connectivity index is 3.02. The molecule has 0 bridgehead atoms. The van der Waals surface area contributed by atoms with Crippen LogP contribution in [0.4, 0.5) is 14.4 Å². The lowest BCUT2D eigenvalue weighted by molar-refractivity contribution is -0.143. The minimum Gasteiger partial charge on any atom is -0.468 e. The summed E-state index contributed by atoms with van der Waals surface area (Å²) in [6.07, 6.45) is -2.88. The van der Waals surface area contributed by atoms with Gasteiger partial charge in [0.2, 0.25) is 0 Å². The summed E-state index contributed by atoms with van der Waals surface area (Å²) in [7, 11) is 1.25. The van der Waals surface area contributed by atoms with Crippen molar-refractivity contribution in [3.8, 4) is 11.5 Å². The highest BCUT2D eigenvalue weighted by molar-refractivity contribution is 5.76. The summed E-state index contributed by atoms with van der Waals surface area (Å²) in [5.41, 5.74) is 0.544. The Kier molecular flexibility index (Phi) is 15.5. The minimum absolute atomic E-state index is 0.0663. The van der Waals surface area contributed by atoms with Gasteiger partial charge in [-0.3, -0.25) is 4.79 Å². The van der Waals surface area contributed by atoms with E-state index >= 15 is 0 Å². The summed E-state index contributed by atoms with van der Waals surface area (Å²) in [6.45, 7) is 13.2. The van der Waals surface area contributed by atoms with E-state index in [1.807, 2.05) is 34.6 Å². The number of carbonyl (C=O) groups excluding carboxylic acids is 4. The molecule has 0 spiro atoms. The van der Waals surface area contributed by atoms with Gasteiger partial charge in [-0.25, -0.2) is 14.4 Å². The fourth-order valence-electron chi connectivity index (χ4n) is 2.96. The molecule has 2 unspecified atom stereocenters. The van der Waals surface area contributed by atoms with Crippen LogP contribution in [-0.4, -0.2) is 69.6 Å². The summed E-state index contributed by atoms with van der Waals surface area (Å²) < 4.78 is 35.9. The lowest BCUT2D eigenvalue weighted by Gasteiger charge is -2.21. The predicted octanol–water partition coefficient (Wildman–Crippen LogP) is 5.04. The standard InChI is InChI=1S/C28H43NO11/c1-9-19(6)37-28(33)38-20(7)14-29-22(25(30)34-8)12-21-10-11-23(39-26(31)35-15-17(2)3)24(13-21)40-27(32)36-16-18(4)5/h10-11,13,17-20,22,29H,9,12,14-16H2,1-8H3/t19?,20?,22-/m0/s1. The Morgan fingerprint density at radius 1 is 0.775 bits per heavy atom. The third-order valence-electron chi connectivity index (χ3n) is 5.21. The van der Waals surface area contributed by atoms with E-state index in [9.17, 15) is 19.2 Å². The number of nitrogens with one attached hydrogen (secondary N) is 1. The third-order valence-corrected chi connectivity index (χ3v) is 5.21. The molecular weight excluding hydrogens is 526 g/mol. The molecule has 1 aromatic carbocycles. The number of rotatable bonds is 15. The smallest absolute Gasteiger partial charge is 0.468 e. The predicted molar refractivity (Wildman–Crippen MR) is 144 cm³/mol. The summed E-state index contributed by atoms with van der Waals surface area (Å²) in [4.78, 5) is 48.7. The molecule has 0 aliphatic rings. The van der Waals surface area contributed by atoms with Gasteiger partial charge in [0.05, 0.1) is 20.3 Å². The van der Waals surface area contributed by atoms with Crippen LogP contribution < -0.4 is 14.8 Å². The van der Waals surface area contributed by atoms with Gasteiger partial charge in [-0.15, -0.1) is 0 Å². The lowest BCUT2D eigenvalue weighted by Crippen LogP contribution is -2.43. The first-order chi connectivity index (χ1) is 18.8. The SMILES string of the molecule is CCC(C)OC(=O)OC(C)CN[C@@H](Cc1ccc(OC(=O)OCC(C)C)c(OC(=O)OCC(C)C)c1)C(=O)OC. The molecule has 0 heterocycles. The molecule has 0 radical (unpaired) electrons. The van der Waals surface area contributed by atoms with Crippen LogP contribution in [0.5, 0.6) is 11.5 Å².